The van der Waals surface area contributed by atoms with E-state index in [0.717, 1.165) is 10.5 Å². The van der Waals surface area contributed by atoms with Gasteiger partial charge in [0.05, 0.1) is 39.6 Å². The first kappa shape index (κ1) is 27.9. The van der Waals surface area contributed by atoms with E-state index in [2.05, 4.69) is 0 Å². The quantitative estimate of drug-likeness (QED) is 0.144. The van der Waals surface area contributed by atoms with Crippen LogP contribution in [-0.2, 0) is 33.3 Å². The third kappa shape index (κ3) is 9.09. The van der Waals surface area contributed by atoms with E-state index in [1.807, 2.05) is 19.1 Å². The molecule has 0 spiro atoms. The van der Waals surface area contributed by atoms with E-state index in [1.54, 1.807) is 12.1 Å². The molecule has 2 N–H and O–H groups in total. The van der Waals surface area contributed by atoms with Crippen molar-refractivity contribution < 1.29 is 48.3 Å². The summed E-state index contributed by atoms with van der Waals surface area (Å²) in [5, 5.41) is 17.3. The van der Waals surface area contributed by atoms with E-state index < -0.39 is 37.0 Å². The Labute approximate surface area is 202 Å². The van der Waals surface area contributed by atoms with Gasteiger partial charge >= 0.3 is 18.0 Å². The highest BCUT2D eigenvalue weighted by atomic mass is 16.6. The van der Waals surface area contributed by atoms with E-state index in [1.165, 1.54) is 6.08 Å². The monoisotopic (exact) mass is 494 g/mol. The molecule has 1 aliphatic heterocycles. The van der Waals surface area contributed by atoms with E-state index in [-0.39, 0.29) is 58.6 Å². The normalized spacial score (nSPS) is 14.7. The minimum absolute atomic E-state index is 0.0484. The second-order valence-electron chi connectivity index (χ2n) is 7.31. The number of esters is 2. The van der Waals surface area contributed by atoms with Crippen LogP contribution in [-0.4, -0.2) is 110 Å². The predicted molar refractivity (Wildman–Crippen MR) is 121 cm³/mol. The van der Waals surface area contributed by atoms with E-state index >= 15 is 0 Å². The molecule has 1 aliphatic rings. The number of carbonyl (C=O) groups is 4. The van der Waals surface area contributed by atoms with Crippen LogP contribution in [0.2, 0.25) is 0 Å². The lowest BCUT2D eigenvalue weighted by molar-refractivity contribution is -0.147. The zero-order valence-electron chi connectivity index (χ0n) is 19.5. The third-order valence-electron chi connectivity index (χ3n) is 4.62. The summed E-state index contributed by atoms with van der Waals surface area (Å²) in [5.41, 5.74) is 1.52. The van der Waals surface area contributed by atoms with Crippen LogP contribution in [0.1, 0.15) is 11.1 Å². The molecule has 1 heterocycles. The second-order valence-corrected chi connectivity index (χ2v) is 7.31. The molecule has 1 saturated heterocycles. The Morgan fingerprint density at radius 3 is 1.83 bits per heavy atom. The molecule has 0 saturated carbocycles. The van der Waals surface area contributed by atoms with Gasteiger partial charge in [0, 0.05) is 0 Å². The lowest BCUT2D eigenvalue weighted by Crippen LogP contribution is -2.39. The molecule has 0 unspecified atom stereocenters. The first-order valence-corrected chi connectivity index (χ1v) is 11.0. The molecule has 1 aromatic carbocycles. The molecule has 12 nitrogen and oxygen atoms in total. The van der Waals surface area contributed by atoms with Crippen LogP contribution in [0.4, 0.5) is 4.79 Å². The Morgan fingerprint density at radius 2 is 1.31 bits per heavy atom. The number of urea groups is 1. The van der Waals surface area contributed by atoms with Gasteiger partial charge in [0.1, 0.15) is 32.0 Å². The molecule has 0 radical (unpaired) electrons. The third-order valence-corrected chi connectivity index (χ3v) is 4.62. The topological polar surface area (TPSA) is 152 Å². The van der Waals surface area contributed by atoms with Gasteiger partial charge in [0.2, 0.25) is 0 Å². The van der Waals surface area contributed by atoms with Gasteiger partial charge in [-0.2, -0.15) is 0 Å². The highest BCUT2D eigenvalue weighted by molar-refractivity contribution is 6.15. The van der Waals surface area contributed by atoms with Crippen LogP contribution < -0.4 is 0 Å². The number of benzene rings is 1. The highest BCUT2D eigenvalue weighted by Crippen LogP contribution is 2.24. The van der Waals surface area contributed by atoms with Gasteiger partial charge in [-0.25, -0.2) is 9.69 Å². The minimum atomic E-state index is -0.865. The fourth-order valence-corrected chi connectivity index (χ4v) is 2.95. The standard InChI is InChI=1S/C23H30N2O10/c1-17-2-4-18(5-3-17)14-19-22(30)25(16-21(29)35-13-11-33-9-7-27)23(31)24(19)15-20(28)34-12-10-32-8-6-26/h2-5,14,26-27H,6-13,15-16H2,1H3. The Morgan fingerprint density at radius 1 is 0.800 bits per heavy atom. The van der Waals surface area contributed by atoms with Gasteiger partial charge in [0.15, 0.2) is 0 Å². The number of aliphatic hydroxyl groups excluding tert-OH is 2. The Kier molecular flexibility index (Phi) is 11.8. The van der Waals surface area contributed by atoms with Crippen molar-refractivity contribution in [3.8, 4) is 0 Å². The summed E-state index contributed by atoms with van der Waals surface area (Å²) in [4.78, 5) is 52.0. The predicted octanol–water partition coefficient (Wildman–Crippen LogP) is -0.296. The summed E-state index contributed by atoms with van der Waals surface area (Å²) < 4.78 is 20.0. The number of hydrogen-bond acceptors (Lipinski definition) is 10. The maximum atomic E-state index is 13.0. The van der Waals surface area contributed by atoms with Crippen molar-refractivity contribution in [3.05, 3.63) is 41.1 Å². The fraction of sp³-hybridized carbons (Fsp3) is 0.478. The van der Waals surface area contributed by atoms with Crippen LogP contribution in [0, 0.1) is 6.92 Å². The molecule has 1 aromatic rings. The van der Waals surface area contributed by atoms with Gasteiger partial charge < -0.3 is 29.2 Å². The molecule has 3 amide bonds. The summed E-state index contributed by atoms with van der Waals surface area (Å²) >= 11 is 0. The SMILES string of the molecule is Cc1ccc(C=C2C(=O)N(CC(=O)OCCOCCO)C(=O)N2CC(=O)OCCOCCO)cc1. The Balaban J connectivity index is 2.09. The molecule has 35 heavy (non-hydrogen) atoms. The number of aryl methyl sites for hydroxylation is 1. The molecule has 192 valence electrons. The lowest BCUT2D eigenvalue weighted by atomic mass is 10.1. The van der Waals surface area contributed by atoms with Crippen LogP contribution in [0.25, 0.3) is 6.08 Å². The maximum Gasteiger partial charge on any atom is 0.332 e. The van der Waals surface area contributed by atoms with Gasteiger partial charge in [-0.1, -0.05) is 29.8 Å². The molecule has 1 fully saturated rings. The summed E-state index contributed by atoms with van der Waals surface area (Å²) in [7, 11) is 0. The maximum absolute atomic E-state index is 13.0. The van der Waals surface area contributed by atoms with Crippen molar-refractivity contribution in [2.24, 2.45) is 0 Å². The highest BCUT2D eigenvalue weighted by Gasteiger charge is 2.43. The van der Waals surface area contributed by atoms with Crippen LogP contribution in [0.15, 0.2) is 30.0 Å². The molecule has 0 aliphatic carbocycles. The van der Waals surface area contributed by atoms with Crippen LogP contribution >= 0.6 is 0 Å². The zero-order chi connectivity index (χ0) is 25.6. The van der Waals surface area contributed by atoms with Gasteiger partial charge in [-0.05, 0) is 18.6 Å². The number of aliphatic hydroxyl groups is 2. The van der Waals surface area contributed by atoms with E-state index in [9.17, 15) is 19.2 Å². The van der Waals surface area contributed by atoms with Crippen molar-refractivity contribution in [3.63, 3.8) is 0 Å². The minimum Gasteiger partial charge on any atom is -0.462 e. The fourth-order valence-electron chi connectivity index (χ4n) is 2.95. The number of carbonyl (C=O) groups excluding carboxylic acids is 4. The summed E-state index contributed by atoms with van der Waals surface area (Å²) in [6.07, 6.45) is 1.45. The van der Waals surface area contributed by atoms with Crippen molar-refractivity contribution in [1.82, 2.24) is 9.80 Å². The molecule has 2 rings (SSSR count). The summed E-state index contributed by atoms with van der Waals surface area (Å²) in [6.45, 7) is 0.440. The number of imide groups is 1. The molecule has 12 heteroatoms. The molecular weight excluding hydrogens is 464 g/mol. The Bertz CT molecular complexity index is 900. The second kappa shape index (κ2) is 14.8. The van der Waals surface area contributed by atoms with Crippen LogP contribution in [0.5, 0.6) is 0 Å². The van der Waals surface area contributed by atoms with Crippen molar-refractivity contribution >= 4 is 30.0 Å². The number of amides is 3. The molecular formula is C23H30N2O10. The van der Waals surface area contributed by atoms with Crippen LogP contribution in [0.3, 0.4) is 0 Å². The van der Waals surface area contributed by atoms with E-state index in [4.69, 9.17) is 29.2 Å². The van der Waals surface area contributed by atoms with Gasteiger partial charge in [0.25, 0.3) is 5.91 Å². The average Bonchev–Trinajstić information content (AvgIpc) is 3.04. The molecule has 0 bridgehead atoms. The first-order chi connectivity index (χ1) is 16.9. The van der Waals surface area contributed by atoms with Gasteiger partial charge in [-0.15, -0.1) is 0 Å². The van der Waals surface area contributed by atoms with Crippen molar-refractivity contribution in [1.29, 1.82) is 0 Å². The van der Waals surface area contributed by atoms with E-state index in [0.29, 0.717) is 10.5 Å². The Hall–Kier alpha value is -3.32. The summed E-state index contributed by atoms with van der Waals surface area (Å²) in [6, 6.07) is 6.28. The largest absolute Gasteiger partial charge is 0.462 e. The summed E-state index contributed by atoms with van der Waals surface area (Å²) in [5.74, 6) is -2.37. The van der Waals surface area contributed by atoms with Crippen molar-refractivity contribution in [2.45, 2.75) is 6.92 Å². The van der Waals surface area contributed by atoms with Crippen molar-refractivity contribution in [2.75, 3.05) is 65.9 Å². The molecule has 0 aromatic heterocycles. The number of hydrogen-bond donors (Lipinski definition) is 2. The van der Waals surface area contributed by atoms with Gasteiger partial charge in [-0.3, -0.25) is 19.3 Å². The smallest absolute Gasteiger partial charge is 0.332 e. The number of ether oxygens (including phenoxy) is 4. The number of nitrogens with zero attached hydrogens (tertiary/aromatic N) is 2. The molecule has 0 atom stereocenters. The number of rotatable bonds is 15. The zero-order valence-corrected chi connectivity index (χ0v) is 19.5. The lowest BCUT2D eigenvalue weighted by Gasteiger charge is -2.16. The first-order valence-electron chi connectivity index (χ1n) is 11.0. The average molecular weight is 494 g/mol.